The zero-order valence-electron chi connectivity index (χ0n) is 14.4. The van der Waals surface area contributed by atoms with E-state index >= 15 is 0 Å². The van der Waals surface area contributed by atoms with Crippen molar-refractivity contribution in [1.82, 2.24) is 4.98 Å². The van der Waals surface area contributed by atoms with Gasteiger partial charge in [-0.15, -0.1) is 11.3 Å². The third kappa shape index (κ3) is 5.97. The molecule has 2 amide bonds. The van der Waals surface area contributed by atoms with E-state index in [1.807, 2.05) is 0 Å². The van der Waals surface area contributed by atoms with Gasteiger partial charge in [-0.25, -0.2) is 14.6 Å². The number of Topliss-reactive ketones (excluding diaryl/α,β-unsaturated/α-hetero) is 1. The van der Waals surface area contributed by atoms with E-state index in [-0.39, 0.29) is 16.6 Å². The van der Waals surface area contributed by atoms with Gasteiger partial charge in [-0.3, -0.25) is 4.79 Å². The number of aromatic nitrogens is 1. The summed E-state index contributed by atoms with van der Waals surface area (Å²) in [7, 11) is 0. The van der Waals surface area contributed by atoms with Crippen LogP contribution in [0.25, 0.3) is 0 Å². The van der Waals surface area contributed by atoms with Crippen LogP contribution in [-0.4, -0.2) is 34.2 Å². The van der Waals surface area contributed by atoms with Crippen molar-refractivity contribution in [3.8, 4) is 0 Å². The highest BCUT2D eigenvalue weighted by Crippen LogP contribution is 2.25. The molecule has 1 aromatic rings. The smallest absolute Gasteiger partial charge is 0.426 e. The molecule has 128 valence electrons. The highest BCUT2D eigenvalue weighted by atomic mass is 32.1. The number of thiazole rings is 1. The summed E-state index contributed by atoms with van der Waals surface area (Å²) >= 11 is 0.987. The lowest BCUT2D eigenvalue weighted by Gasteiger charge is -2.27. The zero-order chi connectivity index (χ0) is 18.0. The minimum atomic E-state index is -0.906. The Kier molecular flexibility index (Phi) is 5.52. The summed E-state index contributed by atoms with van der Waals surface area (Å²) in [5, 5.41) is 1.50. The van der Waals surface area contributed by atoms with Gasteiger partial charge >= 0.3 is 12.2 Å². The van der Waals surface area contributed by atoms with Crippen molar-refractivity contribution in [3.05, 3.63) is 11.1 Å². The Morgan fingerprint density at radius 1 is 1.00 bits per heavy atom. The van der Waals surface area contributed by atoms with Crippen molar-refractivity contribution in [1.29, 1.82) is 0 Å². The molecule has 0 aliphatic carbocycles. The molecule has 1 heterocycles. The van der Waals surface area contributed by atoms with Crippen LogP contribution in [0.5, 0.6) is 0 Å². The van der Waals surface area contributed by atoms with Gasteiger partial charge in [0.1, 0.15) is 16.9 Å². The molecule has 23 heavy (non-hydrogen) atoms. The normalized spacial score (nSPS) is 11.8. The van der Waals surface area contributed by atoms with Crippen LogP contribution in [0.2, 0.25) is 0 Å². The molecule has 0 fully saturated rings. The van der Waals surface area contributed by atoms with Crippen molar-refractivity contribution in [2.45, 2.75) is 59.7 Å². The SMILES string of the molecule is CC(=O)c1csc(N(C(=O)OC(C)(C)C)C(=O)OC(C)(C)C)n1. The molecule has 1 rings (SSSR count). The Morgan fingerprint density at radius 3 is 1.74 bits per heavy atom. The molecule has 0 unspecified atom stereocenters. The largest absolute Gasteiger partial charge is 0.443 e. The van der Waals surface area contributed by atoms with Crippen molar-refractivity contribution in [2.75, 3.05) is 4.90 Å². The number of carbonyl (C=O) groups excluding carboxylic acids is 3. The molecule has 0 aliphatic heterocycles. The van der Waals surface area contributed by atoms with E-state index in [2.05, 4.69) is 4.98 Å². The molecule has 0 N–H and O–H groups in total. The van der Waals surface area contributed by atoms with E-state index in [4.69, 9.17) is 9.47 Å². The number of amides is 2. The molecule has 7 nitrogen and oxygen atoms in total. The molecule has 0 atom stereocenters. The molecular weight excluding hydrogens is 320 g/mol. The van der Waals surface area contributed by atoms with Crippen LogP contribution in [0.1, 0.15) is 59.0 Å². The van der Waals surface area contributed by atoms with Crippen molar-refractivity contribution in [2.24, 2.45) is 0 Å². The van der Waals surface area contributed by atoms with Gasteiger partial charge in [0.15, 0.2) is 5.78 Å². The van der Waals surface area contributed by atoms with E-state index in [0.717, 1.165) is 11.3 Å². The Labute approximate surface area is 139 Å². The van der Waals surface area contributed by atoms with Crippen LogP contribution in [0.4, 0.5) is 14.7 Å². The van der Waals surface area contributed by atoms with Crippen molar-refractivity contribution >= 4 is 34.4 Å². The lowest BCUT2D eigenvalue weighted by atomic mass is 10.2. The lowest BCUT2D eigenvalue weighted by molar-refractivity contribution is 0.0430. The van der Waals surface area contributed by atoms with Crippen LogP contribution >= 0.6 is 11.3 Å². The minimum absolute atomic E-state index is 0.0266. The number of nitrogens with zero attached hydrogens (tertiary/aromatic N) is 2. The highest BCUT2D eigenvalue weighted by molar-refractivity contribution is 7.14. The summed E-state index contributed by atoms with van der Waals surface area (Å²) < 4.78 is 10.5. The van der Waals surface area contributed by atoms with Crippen LogP contribution in [0.15, 0.2) is 5.38 Å². The van der Waals surface area contributed by atoms with Crippen LogP contribution in [-0.2, 0) is 9.47 Å². The average molecular weight is 342 g/mol. The van der Waals surface area contributed by atoms with Crippen molar-refractivity contribution < 1.29 is 23.9 Å². The number of hydrogen-bond donors (Lipinski definition) is 0. The number of imide groups is 1. The van der Waals surface area contributed by atoms with Gasteiger partial charge in [-0.05, 0) is 41.5 Å². The van der Waals surface area contributed by atoms with Gasteiger partial charge in [-0.2, -0.15) is 4.90 Å². The fourth-order valence-corrected chi connectivity index (χ4v) is 2.22. The maximum Gasteiger partial charge on any atom is 0.426 e. The first kappa shape index (κ1) is 19.1. The fourth-order valence-electron chi connectivity index (χ4n) is 1.37. The first-order valence-corrected chi connectivity index (χ1v) is 7.91. The third-order valence-electron chi connectivity index (χ3n) is 2.20. The molecule has 0 radical (unpaired) electrons. The van der Waals surface area contributed by atoms with E-state index in [0.29, 0.717) is 4.90 Å². The maximum atomic E-state index is 12.4. The first-order valence-electron chi connectivity index (χ1n) is 7.03. The second-order valence-electron chi connectivity index (χ2n) is 6.87. The standard InChI is InChI=1S/C15H22N2O5S/c1-9(18)10-8-23-11(16-10)17(12(19)21-14(2,3)4)13(20)22-15(5,6)7/h8H,1-7H3. The van der Waals surface area contributed by atoms with Crippen LogP contribution < -0.4 is 4.90 Å². The van der Waals surface area contributed by atoms with Gasteiger partial charge in [0, 0.05) is 12.3 Å². The predicted molar refractivity (Wildman–Crippen MR) is 87.1 cm³/mol. The highest BCUT2D eigenvalue weighted by Gasteiger charge is 2.34. The number of hydrogen-bond acceptors (Lipinski definition) is 7. The number of ether oxygens (including phenoxy) is 2. The topological polar surface area (TPSA) is 85.8 Å². The molecule has 8 heteroatoms. The first-order chi connectivity index (χ1) is 10.3. The Morgan fingerprint density at radius 2 is 1.43 bits per heavy atom. The molecule has 0 aromatic carbocycles. The van der Waals surface area contributed by atoms with Gasteiger partial charge in [-0.1, -0.05) is 0 Å². The minimum Gasteiger partial charge on any atom is -0.443 e. The fraction of sp³-hybridized carbons (Fsp3) is 0.600. The Hall–Kier alpha value is -1.96. The molecular formula is C15H22N2O5S. The number of anilines is 1. The van der Waals surface area contributed by atoms with Crippen LogP contribution in [0.3, 0.4) is 0 Å². The average Bonchev–Trinajstić information content (AvgIpc) is 2.73. The predicted octanol–water partition coefficient (Wildman–Crippen LogP) is 4.02. The second-order valence-corrected chi connectivity index (χ2v) is 7.70. The molecule has 0 saturated heterocycles. The maximum absolute atomic E-state index is 12.4. The molecule has 0 aliphatic rings. The summed E-state index contributed by atoms with van der Waals surface area (Å²) in [5.74, 6) is -0.263. The summed E-state index contributed by atoms with van der Waals surface area (Å²) in [6.45, 7) is 11.4. The van der Waals surface area contributed by atoms with Gasteiger partial charge < -0.3 is 9.47 Å². The Bertz CT molecular complexity index is 582. The monoisotopic (exact) mass is 342 g/mol. The summed E-state index contributed by atoms with van der Waals surface area (Å²) in [5.41, 5.74) is -1.42. The van der Waals surface area contributed by atoms with E-state index < -0.39 is 23.4 Å². The molecule has 0 saturated carbocycles. The van der Waals surface area contributed by atoms with Gasteiger partial charge in [0.2, 0.25) is 5.13 Å². The van der Waals surface area contributed by atoms with E-state index in [1.165, 1.54) is 12.3 Å². The van der Waals surface area contributed by atoms with Gasteiger partial charge in [0.25, 0.3) is 0 Å². The second kappa shape index (κ2) is 6.66. The summed E-state index contributed by atoms with van der Waals surface area (Å²) in [4.78, 5) is 40.8. The quantitative estimate of drug-likeness (QED) is 0.755. The molecule has 1 aromatic heterocycles. The van der Waals surface area contributed by atoms with Crippen LogP contribution in [0, 0.1) is 0 Å². The zero-order valence-corrected chi connectivity index (χ0v) is 15.2. The van der Waals surface area contributed by atoms with E-state index in [1.54, 1.807) is 41.5 Å². The number of ketones is 1. The lowest BCUT2D eigenvalue weighted by Crippen LogP contribution is -2.43. The van der Waals surface area contributed by atoms with Crippen molar-refractivity contribution in [3.63, 3.8) is 0 Å². The number of carbonyl (C=O) groups is 3. The van der Waals surface area contributed by atoms with E-state index in [9.17, 15) is 14.4 Å². The van der Waals surface area contributed by atoms with Gasteiger partial charge in [0.05, 0.1) is 0 Å². The third-order valence-corrected chi connectivity index (χ3v) is 3.02. The molecule has 0 spiro atoms. The Balaban J connectivity index is 3.16. The summed E-state index contributed by atoms with van der Waals surface area (Å²) in [6.07, 6.45) is -1.81. The molecule has 0 bridgehead atoms. The number of rotatable bonds is 2. The summed E-state index contributed by atoms with van der Waals surface area (Å²) in [6, 6.07) is 0.